The van der Waals surface area contributed by atoms with E-state index in [1.165, 1.54) is 18.2 Å². The molecule has 0 saturated heterocycles. The maximum atomic E-state index is 13.1. The number of alkyl halides is 3. The van der Waals surface area contributed by atoms with Gasteiger partial charge in [0.05, 0.1) is 17.7 Å². The maximum Gasteiger partial charge on any atom is 0.437 e. The van der Waals surface area contributed by atoms with Crippen molar-refractivity contribution in [3.63, 3.8) is 0 Å². The van der Waals surface area contributed by atoms with Crippen LogP contribution in [-0.2, 0) is 4.84 Å². The van der Waals surface area contributed by atoms with E-state index in [1.807, 2.05) is 45.1 Å². The summed E-state index contributed by atoms with van der Waals surface area (Å²) < 4.78 is 57.0. The molecule has 0 aliphatic heterocycles. The minimum absolute atomic E-state index is 0.129. The van der Waals surface area contributed by atoms with Crippen molar-refractivity contribution in [2.75, 3.05) is 26.9 Å². The van der Waals surface area contributed by atoms with Crippen molar-refractivity contribution >= 4 is 21.6 Å². The van der Waals surface area contributed by atoms with E-state index in [0.29, 0.717) is 36.5 Å². The van der Waals surface area contributed by atoms with Crippen LogP contribution in [0.1, 0.15) is 30.0 Å². The summed E-state index contributed by atoms with van der Waals surface area (Å²) in [7, 11) is 1.07. The maximum absolute atomic E-state index is 13.1. The SMILES string of the molecule is C/C=C/COc1cc(C)c(OCCCOc2ccc(C(=NOC)C(F)(F)F)cc2Br)c(C)c1. The molecule has 33 heavy (non-hydrogen) atoms. The van der Waals surface area contributed by atoms with Crippen molar-refractivity contribution in [1.82, 2.24) is 0 Å². The number of nitrogens with zero attached hydrogens (tertiary/aromatic N) is 1. The zero-order valence-electron chi connectivity index (χ0n) is 19.0. The molecule has 0 aromatic heterocycles. The summed E-state index contributed by atoms with van der Waals surface area (Å²) >= 11 is 3.25. The number of rotatable bonds is 11. The first-order valence-corrected chi connectivity index (χ1v) is 11.1. The monoisotopic (exact) mass is 529 g/mol. The molecule has 2 rings (SSSR count). The van der Waals surface area contributed by atoms with Gasteiger partial charge in [0.2, 0.25) is 0 Å². The Balaban J connectivity index is 1.90. The third-order valence-corrected chi connectivity index (χ3v) is 5.08. The first-order valence-electron chi connectivity index (χ1n) is 10.3. The predicted octanol–water partition coefficient (Wildman–Crippen LogP) is 6.78. The Hall–Kier alpha value is -2.68. The molecule has 0 amide bonds. The van der Waals surface area contributed by atoms with Crippen LogP contribution in [0.15, 0.2) is 52.1 Å². The molecule has 0 saturated carbocycles. The summed E-state index contributed by atoms with van der Waals surface area (Å²) in [5, 5.41) is 3.09. The van der Waals surface area contributed by atoms with Crippen LogP contribution >= 0.6 is 15.9 Å². The number of hydrogen-bond donors (Lipinski definition) is 0. The molecule has 0 radical (unpaired) electrons. The Morgan fingerprint density at radius 2 is 1.70 bits per heavy atom. The van der Waals surface area contributed by atoms with Gasteiger partial charge in [-0.1, -0.05) is 17.3 Å². The second-order valence-corrected chi connectivity index (χ2v) is 7.94. The molecule has 5 nitrogen and oxygen atoms in total. The molecule has 180 valence electrons. The average molecular weight is 530 g/mol. The summed E-state index contributed by atoms with van der Waals surface area (Å²) in [6.07, 6.45) is -0.182. The fourth-order valence-corrected chi connectivity index (χ4v) is 3.50. The van der Waals surface area contributed by atoms with Gasteiger partial charge in [-0.2, -0.15) is 13.2 Å². The van der Waals surface area contributed by atoms with Gasteiger partial charge in [0.15, 0.2) is 5.71 Å². The van der Waals surface area contributed by atoms with Crippen LogP contribution in [-0.4, -0.2) is 38.8 Å². The molecule has 0 atom stereocenters. The zero-order valence-corrected chi connectivity index (χ0v) is 20.5. The van der Waals surface area contributed by atoms with Gasteiger partial charge in [0.25, 0.3) is 0 Å². The van der Waals surface area contributed by atoms with Crippen molar-refractivity contribution in [2.45, 2.75) is 33.4 Å². The Labute approximate surface area is 200 Å². The lowest BCUT2D eigenvalue weighted by Gasteiger charge is -2.15. The fourth-order valence-electron chi connectivity index (χ4n) is 3.00. The largest absolute Gasteiger partial charge is 0.493 e. The summed E-state index contributed by atoms with van der Waals surface area (Å²) in [6.45, 7) is 7.13. The molecule has 0 unspecified atom stereocenters. The second kappa shape index (κ2) is 12.5. The Bertz CT molecular complexity index is 967. The first-order chi connectivity index (χ1) is 15.7. The number of hydrogen-bond acceptors (Lipinski definition) is 5. The normalized spacial score (nSPS) is 12.2. The van der Waals surface area contributed by atoms with Crippen molar-refractivity contribution in [3.05, 3.63) is 63.6 Å². The topological polar surface area (TPSA) is 49.3 Å². The van der Waals surface area contributed by atoms with E-state index in [-0.39, 0.29) is 5.56 Å². The summed E-state index contributed by atoms with van der Waals surface area (Å²) in [5.74, 6) is 2.01. The minimum Gasteiger partial charge on any atom is -0.493 e. The van der Waals surface area contributed by atoms with E-state index in [4.69, 9.17) is 14.2 Å². The number of benzene rings is 2. The summed E-state index contributed by atoms with van der Waals surface area (Å²) in [5.41, 5.74) is 0.705. The van der Waals surface area contributed by atoms with E-state index in [1.54, 1.807) is 0 Å². The van der Waals surface area contributed by atoms with Gasteiger partial charge < -0.3 is 19.0 Å². The minimum atomic E-state index is -4.64. The van der Waals surface area contributed by atoms with Crippen LogP contribution < -0.4 is 14.2 Å². The lowest BCUT2D eigenvalue weighted by Crippen LogP contribution is -2.24. The smallest absolute Gasteiger partial charge is 0.437 e. The molecule has 2 aromatic carbocycles. The van der Waals surface area contributed by atoms with Crippen LogP contribution in [0.25, 0.3) is 0 Å². The van der Waals surface area contributed by atoms with E-state index >= 15 is 0 Å². The number of allylic oxidation sites excluding steroid dienone is 1. The lowest BCUT2D eigenvalue weighted by molar-refractivity contribution is -0.0608. The van der Waals surface area contributed by atoms with Crippen molar-refractivity contribution in [2.24, 2.45) is 5.16 Å². The molecule has 0 fully saturated rings. The summed E-state index contributed by atoms with van der Waals surface area (Å²) in [4.78, 5) is 4.33. The van der Waals surface area contributed by atoms with Gasteiger partial charge in [-0.25, -0.2) is 0 Å². The highest BCUT2D eigenvalue weighted by Crippen LogP contribution is 2.31. The fraction of sp³-hybridized carbons (Fsp3) is 0.375. The highest BCUT2D eigenvalue weighted by molar-refractivity contribution is 9.10. The molecule has 0 N–H and O–H groups in total. The number of halogens is 4. The lowest BCUT2D eigenvalue weighted by atomic mass is 10.1. The van der Waals surface area contributed by atoms with Crippen molar-refractivity contribution in [3.8, 4) is 17.2 Å². The number of ether oxygens (including phenoxy) is 3. The van der Waals surface area contributed by atoms with Crippen LogP contribution in [0.4, 0.5) is 13.2 Å². The predicted molar refractivity (Wildman–Crippen MR) is 126 cm³/mol. The molecule has 9 heteroatoms. The van der Waals surface area contributed by atoms with Gasteiger partial charge in [0.1, 0.15) is 31.0 Å². The van der Waals surface area contributed by atoms with Gasteiger partial charge >= 0.3 is 6.18 Å². The highest BCUT2D eigenvalue weighted by Gasteiger charge is 2.38. The van der Waals surface area contributed by atoms with Crippen molar-refractivity contribution < 1.29 is 32.2 Å². The highest BCUT2D eigenvalue weighted by atomic mass is 79.9. The third-order valence-electron chi connectivity index (χ3n) is 4.46. The molecule has 0 aliphatic carbocycles. The molecular weight excluding hydrogens is 503 g/mol. The van der Waals surface area contributed by atoms with Gasteiger partial charge in [-0.15, -0.1) is 0 Å². The third kappa shape index (κ3) is 7.99. The number of aryl methyl sites for hydroxylation is 2. The van der Waals surface area contributed by atoms with E-state index in [0.717, 1.165) is 29.7 Å². The van der Waals surface area contributed by atoms with Gasteiger partial charge in [-0.3, -0.25) is 0 Å². The average Bonchev–Trinajstić information content (AvgIpc) is 2.73. The van der Waals surface area contributed by atoms with E-state index in [2.05, 4.69) is 25.9 Å². The Morgan fingerprint density at radius 3 is 2.27 bits per heavy atom. The zero-order chi connectivity index (χ0) is 24.4. The molecule has 0 bridgehead atoms. The quantitative estimate of drug-likeness (QED) is 0.139. The molecule has 2 aromatic rings. The Morgan fingerprint density at radius 1 is 1.03 bits per heavy atom. The second-order valence-electron chi connectivity index (χ2n) is 7.08. The molecular formula is C24H27BrF3NO4. The molecule has 0 heterocycles. The van der Waals surface area contributed by atoms with Crippen LogP contribution in [0.5, 0.6) is 17.2 Å². The first kappa shape index (κ1) is 26.6. The summed E-state index contributed by atoms with van der Waals surface area (Å²) in [6, 6.07) is 7.91. The van der Waals surface area contributed by atoms with Crippen LogP contribution in [0.3, 0.4) is 0 Å². The van der Waals surface area contributed by atoms with Gasteiger partial charge in [0, 0.05) is 12.0 Å². The van der Waals surface area contributed by atoms with Crippen molar-refractivity contribution in [1.29, 1.82) is 0 Å². The Kier molecular flexibility index (Phi) is 10.1. The van der Waals surface area contributed by atoms with Gasteiger partial charge in [-0.05, 0) is 78.2 Å². The number of oxime groups is 1. The van der Waals surface area contributed by atoms with E-state index < -0.39 is 11.9 Å². The van der Waals surface area contributed by atoms with Crippen LogP contribution in [0.2, 0.25) is 0 Å². The van der Waals surface area contributed by atoms with Crippen LogP contribution in [0, 0.1) is 13.8 Å². The van der Waals surface area contributed by atoms with E-state index in [9.17, 15) is 13.2 Å². The standard InChI is InChI=1S/C24H27BrF3NO4/c1-5-6-10-31-19-13-16(2)22(17(3)14-19)33-12-7-11-32-21-9-8-18(15-20(21)25)23(29-30-4)24(26,27)28/h5-6,8-9,13-15H,7,10-12H2,1-4H3/b6-5+,29-23?. The molecule has 0 aliphatic rings. The molecule has 0 spiro atoms.